The van der Waals surface area contributed by atoms with E-state index >= 15 is 0 Å². The van der Waals surface area contributed by atoms with Crippen molar-refractivity contribution in [2.45, 2.75) is 13.5 Å². The van der Waals surface area contributed by atoms with Crippen LogP contribution in [-0.2, 0) is 6.54 Å². The van der Waals surface area contributed by atoms with E-state index in [9.17, 15) is 4.79 Å². The second-order valence-corrected chi connectivity index (χ2v) is 3.93. The summed E-state index contributed by atoms with van der Waals surface area (Å²) in [5.74, 6) is -0.0881. The Morgan fingerprint density at radius 3 is 2.94 bits per heavy atom. The number of nitrogens with zero attached hydrogens (tertiary/aromatic N) is 3. The van der Waals surface area contributed by atoms with Crippen LogP contribution in [0.2, 0.25) is 0 Å². The van der Waals surface area contributed by atoms with Crippen molar-refractivity contribution in [1.29, 1.82) is 0 Å². The Morgan fingerprint density at radius 1 is 1.47 bits per heavy atom. The average Bonchev–Trinajstić information content (AvgIpc) is 2.80. The van der Waals surface area contributed by atoms with Gasteiger partial charge in [-0.1, -0.05) is 6.07 Å². The third-order valence-electron chi connectivity index (χ3n) is 2.43. The number of rotatable bonds is 3. The molecule has 17 heavy (non-hydrogen) atoms. The summed E-state index contributed by atoms with van der Waals surface area (Å²) in [4.78, 5) is 17.9. The van der Waals surface area contributed by atoms with Gasteiger partial charge in [-0.2, -0.15) is 5.10 Å². The lowest BCUT2D eigenvalue weighted by atomic mass is 10.2. The third-order valence-corrected chi connectivity index (χ3v) is 2.43. The Kier molecular flexibility index (Phi) is 3.18. The van der Waals surface area contributed by atoms with Gasteiger partial charge in [-0.15, -0.1) is 0 Å². The van der Waals surface area contributed by atoms with Gasteiger partial charge >= 0.3 is 0 Å². The van der Waals surface area contributed by atoms with Crippen LogP contribution in [0.1, 0.15) is 21.7 Å². The summed E-state index contributed by atoms with van der Waals surface area (Å²) in [5, 5.41) is 6.56. The minimum absolute atomic E-state index is 0.0881. The highest BCUT2D eigenvalue weighted by molar-refractivity contribution is 5.92. The summed E-state index contributed by atoms with van der Waals surface area (Å²) in [6, 6.07) is 5.43. The molecule has 0 fully saturated rings. The van der Waals surface area contributed by atoms with Gasteiger partial charge in [0.15, 0.2) is 0 Å². The maximum absolute atomic E-state index is 12.1. The van der Waals surface area contributed by atoms with Gasteiger partial charge in [0.1, 0.15) is 5.69 Å². The number of hydrogen-bond acceptors (Lipinski definition) is 3. The first-order valence-electron chi connectivity index (χ1n) is 5.33. The molecule has 2 aromatic rings. The predicted octanol–water partition coefficient (Wildman–Crippen LogP) is 1.39. The van der Waals surface area contributed by atoms with Crippen molar-refractivity contribution in [1.82, 2.24) is 20.1 Å². The number of pyridine rings is 1. The molecule has 2 heterocycles. The van der Waals surface area contributed by atoms with Gasteiger partial charge in [0.25, 0.3) is 5.91 Å². The molecule has 0 saturated carbocycles. The largest absolute Gasteiger partial charge is 0.336 e. The second kappa shape index (κ2) is 4.78. The molecule has 0 atom stereocenters. The normalized spacial score (nSPS) is 10.2. The van der Waals surface area contributed by atoms with Gasteiger partial charge in [-0.3, -0.25) is 9.89 Å². The number of carbonyl (C=O) groups is 1. The smallest absolute Gasteiger partial charge is 0.272 e. The molecule has 0 radical (unpaired) electrons. The molecule has 0 saturated heterocycles. The molecule has 88 valence electrons. The van der Waals surface area contributed by atoms with Gasteiger partial charge in [-0.05, 0) is 19.1 Å². The zero-order chi connectivity index (χ0) is 12.3. The Hall–Kier alpha value is -2.17. The van der Waals surface area contributed by atoms with Crippen LogP contribution in [0.15, 0.2) is 30.6 Å². The minimum atomic E-state index is -0.0881. The molecule has 0 aliphatic carbocycles. The van der Waals surface area contributed by atoms with E-state index in [1.165, 1.54) is 0 Å². The zero-order valence-corrected chi connectivity index (χ0v) is 9.84. The van der Waals surface area contributed by atoms with E-state index in [2.05, 4.69) is 15.2 Å². The molecule has 1 N–H and O–H groups in total. The Labute approximate surface area is 99.5 Å². The lowest BCUT2D eigenvalue weighted by Gasteiger charge is -2.15. The van der Waals surface area contributed by atoms with Crippen LogP contribution in [0.5, 0.6) is 0 Å². The maximum Gasteiger partial charge on any atom is 0.272 e. The summed E-state index contributed by atoms with van der Waals surface area (Å²) >= 11 is 0. The van der Waals surface area contributed by atoms with Crippen LogP contribution in [0.4, 0.5) is 0 Å². The van der Waals surface area contributed by atoms with Crippen molar-refractivity contribution in [2.75, 3.05) is 7.05 Å². The number of aryl methyl sites for hydroxylation is 1. The minimum Gasteiger partial charge on any atom is -0.336 e. The lowest BCUT2D eigenvalue weighted by molar-refractivity contribution is 0.0779. The monoisotopic (exact) mass is 230 g/mol. The summed E-state index contributed by atoms with van der Waals surface area (Å²) < 4.78 is 0. The Bertz CT molecular complexity index is 507. The summed E-state index contributed by atoms with van der Waals surface area (Å²) in [5.41, 5.74) is 2.28. The molecule has 1 amide bonds. The lowest BCUT2D eigenvalue weighted by Crippen LogP contribution is -2.26. The maximum atomic E-state index is 12.1. The topological polar surface area (TPSA) is 61.9 Å². The number of hydrogen-bond donors (Lipinski definition) is 1. The molecule has 0 aliphatic rings. The van der Waals surface area contributed by atoms with Crippen LogP contribution in [0.3, 0.4) is 0 Å². The number of aromatic amines is 1. The molecule has 0 spiro atoms. The average molecular weight is 230 g/mol. The molecular weight excluding hydrogens is 216 g/mol. The van der Waals surface area contributed by atoms with Crippen LogP contribution in [0, 0.1) is 6.92 Å². The molecule has 0 unspecified atom stereocenters. The second-order valence-electron chi connectivity index (χ2n) is 3.93. The highest BCUT2D eigenvalue weighted by Gasteiger charge is 2.13. The first kappa shape index (κ1) is 11.3. The highest BCUT2D eigenvalue weighted by Crippen LogP contribution is 2.06. The van der Waals surface area contributed by atoms with Crippen molar-refractivity contribution in [3.63, 3.8) is 0 Å². The fourth-order valence-corrected chi connectivity index (χ4v) is 1.57. The van der Waals surface area contributed by atoms with Crippen molar-refractivity contribution in [2.24, 2.45) is 0 Å². The SMILES string of the molecule is Cc1cccc(C(=O)N(C)Cc2cn[nH]c2)n1. The molecule has 2 aromatic heterocycles. The standard InChI is InChI=1S/C12H14N4O/c1-9-4-3-5-11(15-9)12(17)16(2)8-10-6-13-14-7-10/h3-7H,8H2,1-2H3,(H,13,14). The molecule has 0 aliphatic heterocycles. The number of carbonyl (C=O) groups excluding carboxylic acids is 1. The van der Waals surface area contributed by atoms with E-state index in [-0.39, 0.29) is 5.91 Å². The van der Waals surface area contributed by atoms with Crippen LogP contribution in [-0.4, -0.2) is 33.0 Å². The van der Waals surface area contributed by atoms with Gasteiger partial charge in [0, 0.05) is 31.0 Å². The quantitative estimate of drug-likeness (QED) is 0.866. The summed E-state index contributed by atoms with van der Waals surface area (Å²) in [7, 11) is 1.75. The predicted molar refractivity (Wildman–Crippen MR) is 63.4 cm³/mol. The van der Waals surface area contributed by atoms with Crippen molar-refractivity contribution in [3.8, 4) is 0 Å². The first-order chi connectivity index (χ1) is 8.16. The van der Waals surface area contributed by atoms with Crippen LogP contribution >= 0.6 is 0 Å². The fourth-order valence-electron chi connectivity index (χ4n) is 1.57. The summed E-state index contributed by atoms with van der Waals surface area (Å²) in [6.07, 6.45) is 3.47. The molecular formula is C12H14N4O. The van der Waals surface area contributed by atoms with E-state index in [1.807, 2.05) is 19.1 Å². The van der Waals surface area contributed by atoms with E-state index in [1.54, 1.807) is 30.4 Å². The van der Waals surface area contributed by atoms with E-state index in [0.29, 0.717) is 12.2 Å². The molecule has 0 aromatic carbocycles. The highest BCUT2D eigenvalue weighted by atomic mass is 16.2. The van der Waals surface area contributed by atoms with Crippen molar-refractivity contribution in [3.05, 3.63) is 47.5 Å². The number of nitrogens with one attached hydrogen (secondary N) is 1. The van der Waals surface area contributed by atoms with Gasteiger partial charge < -0.3 is 4.90 Å². The van der Waals surface area contributed by atoms with Crippen LogP contribution < -0.4 is 0 Å². The first-order valence-corrected chi connectivity index (χ1v) is 5.33. The van der Waals surface area contributed by atoms with Gasteiger partial charge in [0.2, 0.25) is 0 Å². The number of H-pyrrole nitrogens is 1. The van der Waals surface area contributed by atoms with E-state index < -0.39 is 0 Å². The summed E-state index contributed by atoms with van der Waals surface area (Å²) in [6.45, 7) is 2.39. The third kappa shape index (κ3) is 2.69. The number of aromatic nitrogens is 3. The van der Waals surface area contributed by atoms with Crippen LogP contribution in [0.25, 0.3) is 0 Å². The fraction of sp³-hybridized carbons (Fsp3) is 0.250. The Balaban J connectivity index is 2.09. The van der Waals surface area contributed by atoms with Crippen molar-refractivity contribution < 1.29 is 4.79 Å². The van der Waals surface area contributed by atoms with Gasteiger partial charge in [-0.25, -0.2) is 4.98 Å². The molecule has 0 bridgehead atoms. The molecule has 5 heteroatoms. The molecule has 2 rings (SSSR count). The molecule has 5 nitrogen and oxygen atoms in total. The van der Waals surface area contributed by atoms with E-state index in [4.69, 9.17) is 0 Å². The van der Waals surface area contributed by atoms with E-state index in [0.717, 1.165) is 11.3 Å². The van der Waals surface area contributed by atoms with Gasteiger partial charge in [0.05, 0.1) is 6.20 Å². The van der Waals surface area contributed by atoms with Crippen molar-refractivity contribution >= 4 is 5.91 Å². The zero-order valence-electron chi connectivity index (χ0n) is 9.84. The number of amides is 1. The Morgan fingerprint density at radius 2 is 2.29 bits per heavy atom.